The molecule has 0 aliphatic carbocycles. The van der Waals surface area contributed by atoms with E-state index in [-0.39, 0.29) is 6.67 Å². The van der Waals surface area contributed by atoms with E-state index in [2.05, 4.69) is 10.2 Å². The zero-order valence-electron chi connectivity index (χ0n) is 6.00. The van der Waals surface area contributed by atoms with Crippen molar-refractivity contribution < 1.29 is 4.39 Å². The molecule has 62 valence electrons. The van der Waals surface area contributed by atoms with Crippen LogP contribution in [0.4, 0.5) is 4.39 Å². The second kappa shape index (κ2) is 4.28. The van der Waals surface area contributed by atoms with Crippen LogP contribution in [0.25, 0.3) is 0 Å². The molecule has 0 bridgehead atoms. The van der Waals surface area contributed by atoms with E-state index >= 15 is 0 Å². The molecule has 0 spiro atoms. The summed E-state index contributed by atoms with van der Waals surface area (Å²) in [5, 5.41) is 7.53. The van der Waals surface area contributed by atoms with Gasteiger partial charge in [0, 0.05) is 6.54 Å². The fraction of sp³-hybridized carbons (Fsp3) is 0.667. The van der Waals surface area contributed by atoms with E-state index in [1.165, 1.54) is 0 Å². The predicted octanol–water partition coefficient (Wildman–Crippen LogP) is 1.68. The van der Waals surface area contributed by atoms with E-state index in [0.29, 0.717) is 18.2 Å². The van der Waals surface area contributed by atoms with Gasteiger partial charge in [-0.3, -0.25) is 4.39 Å². The quantitative estimate of drug-likeness (QED) is 0.656. The topological polar surface area (TPSA) is 30.7 Å². The standard InChI is InChI=1S/C6H9ClFN3/c7-6-10-9-5-11(6)4-2-1-3-8/h5H,1-4H2. The summed E-state index contributed by atoms with van der Waals surface area (Å²) < 4.78 is 13.3. The number of aryl methyl sites for hydroxylation is 1. The lowest BCUT2D eigenvalue weighted by Crippen LogP contribution is -1.96. The van der Waals surface area contributed by atoms with Gasteiger partial charge in [0.2, 0.25) is 5.28 Å². The Morgan fingerprint density at radius 1 is 1.55 bits per heavy atom. The Balaban J connectivity index is 2.32. The van der Waals surface area contributed by atoms with Crippen molar-refractivity contribution in [1.82, 2.24) is 14.8 Å². The molecular formula is C6H9ClFN3. The van der Waals surface area contributed by atoms with Crippen molar-refractivity contribution in [1.29, 1.82) is 0 Å². The highest BCUT2D eigenvalue weighted by Gasteiger charge is 1.98. The molecule has 1 heterocycles. The Hall–Kier alpha value is -0.640. The number of unbranched alkanes of at least 4 members (excludes halogenated alkanes) is 1. The lowest BCUT2D eigenvalue weighted by molar-refractivity contribution is 0.447. The van der Waals surface area contributed by atoms with Gasteiger partial charge in [-0.05, 0) is 24.4 Å². The zero-order valence-corrected chi connectivity index (χ0v) is 6.76. The summed E-state index contributed by atoms with van der Waals surface area (Å²) in [7, 11) is 0. The van der Waals surface area contributed by atoms with Crippen molar-refractivity contribution >= 4 is 11.6 Å². The van der Waals surface area contributed by atoms with Crippen LogP contribution in [0.1, 0.15) is 12.8 Å². The zero-order chi connectivity index (χ0) is 8.10. The number of rotatable bonds is 4. The van der Waals surface area contributed by atoms with Gasteiger partial charge < -0.3 is 4.57 Å². The molecular weight excluding hydrogens is 169 g/mol. The van der Waals surface area contributed by atoms with Crippen LogP contribution in [0.15, 0.2) is 6.33 Å². The molecule has 0 saturated carbocycles. The Morgan fingerprint density at radius 2 is 2.36 bits per heavy atom. The average Bonchev–Trinajstić information content (AvgIpc) is 2.37. The van der Waals surface area contributed by atoms with Gasteiger partial charge in [-0.2, -0.15) is 0 Å². The number of hydrogen-bond donors (Lipinski definition) is 0. The summed E-state index contributed by atoms with van der Waals surface area (Å²) in [6.07, 6.45) is 2.88. The number of alkyl halides is 1. The number of hydrogen-bond acceptors (Lipinski definition) is 2. The molecule has 0 saturated heterocycles. The molecule has 0 amide bonds. The molecule has 1 aromatic heterocycles. The van der Waals surface area contributed by atoms with Crippen molar-refractivity contribution in [3.8, 4) is 0 Å². The molecule has 1 rings (SSSR count). The third-order valence-electron chi connectivity index (χ3n) is 1.35. The summed E-state index contributed by atoms with van der Waals surface area (Å²) in [6, 6.07) is 0. The first-order chi connectivity index (χ1) is 5.34. The highest BCUT2D eigenvalue weighted by molar-refractivity contribution is 6.28. The Morgan fingerprint density at radius 3 is 2.91 bits per heavy atom. The largest absolute Gasteiger partial charge is 0.304 e. The Kier molecular flexibility index (Phi) is 3.29. The van der Waals surface area contributed by atoms with Crippen LogP contribution in [0, 0.1) is 0 Å². The van der Waals surface area contributed by atoms with Crippen molar-refractivity contribution in [2.75, 3.05) is 6.67 Å². The molecule has 0 fully saturated rings. The maximum Gasteiger partial charge on any atom is 0.224 e. The van der Waals surface area contributed by atoms with Gasteiger partial charge in [0.05, 0.1) is 6.67 Å². The Labute approximate surface area is 69.2 Å². The van der Waals surface area contributed by atoms with Crippen LogP contribution < -0.4 is 0 Å². The first-order valence-electron chi connectivity index (χ1n) is 3.44. The smallest absolute Gasteiger partial charge is 0.224 e. The molecule has 0 unspecified atom stereocenters. The minimum atomic E-state index is -0.278. The molecule has 1 aromatic rings. The summed E-state index contributed by atoms with van der Waals surface area (Å²) in [5.41, 5.74) is 0. The molecule has 0 aromatic carbocycles. The first kappa shape index (κ1) is 8.46. The van der Waals surface area contributed by atoms with Gasteiger partial charge >= 0.3 is 0 Å². The number of halogens is 2. The fourth-order valence-corrected chi connectivity index (χ4v) is 0.939. The van der Waals surface area contributed by atoms with Gasteiger partial charge in [0.15, 0.2) is 0 Å². The molecule has 0 radical (unpaired) electrons. The molecule has 3 nitrogen and oxygen atoms in total. The van der Waals surface area contributed by atoms with Crippen LogP contribution in [-0.4, -0.2) is 21.4 Å². The van der Waals surface area contributed by atoms with Crippen LogP contribution in [0.3, 0.4) is 0 Å². The van der Waals surface area contributed by atoms with E-state index < -0.39 is 0 Å². The summed E-state index contributed by atoms with van der Waals surface area (Å²) in [6.45, 7) is 0.412. The second-order valence-electron chi connectivity index (χ2n) is 2.19. The van der Waals surface area contributed by atoms with E-state index in [9.17, 15) is 4.39 Å². The predicted molar refractivity (Wildman–Crippen MR) is 40.2 cm³/mol. The number of aromatic nitrogens is 3. The van der Waals surface area contributed by atoms with Crippen LogP contribution in [-0.2, 0) is 6.54 Å². The lowest BCUT2D eigenvalue weighted by atomic mass is 10.3. The highest BCUT2D eigenvalue weighted by atomic mass is 35.5. The average molecular weight is 178 g/mol. The third-order valence-corrected chi connectivity index (χ3v) is 1.64. The van der Waals surface area contributed by atoms with Crippen molar-refractivity contribution in [2.45, 2.75) is 19.4 Å². The minimum absolute atomic E-state index is 0.278. The van der Waals surface area contributed by atoms with Gasteiger partial charge in [0.25, 0.3) is 0 Å². The van der Waals surface area contributed by atoms with Gasteiger partial charge in [-0.15, -0.1) is 10.2 Å². The maximum absolute atomic E-state index is 11.6. The highest BCUT2D eigenvalue weighted by Crippen LogP contribution is 2.04. The summed E-state index contributed by atoms with van der Waals surface area (Å²) in [4.78, 5) is 0. The molecule has 0 aliphatic heterocycles. The van der Waals surface area contributed by atoms with E-state index in [1.807, 2.05) is 0 Å². The van der Waals surface area contributed by atoms with Gasteiger partial charge in [-0.1, -0.05) is 0 Å². The molecule has 0 aliphatic rings. The molecule has 5 heteroatoms. The monoisotopic (exact) mass is 177 g/mol. The summed E-state index contributed by atoms with van der Waals surface area (Å²) in [5.74, 6) is 0. The van der Waals surface area contributed by atoms with Gasteiger partial charge in [-0.25, -0.2) is 0 Å². The van der Waals surface area contributed by atoms with E-state index in [4.69, 9.17) is 11.6 Å². The SMILES string of the molecule is FCCCCn1cnnc1Cl. The molecule has 11 heavy (non-hydrogen) atoms. The molecule has 0 N–H and O–H groups in total. The van der Waals surface area contributed by atoms with Gasteiger partial charge in [0.1, 0.15) is 6.33 Å². The first-order valence-corrected chi connectivity index (χ1v) is 3.81. The van der Waals surface area contributed by atoms with E-state index in [0.717, 1.165) is 6.42 Å². The Bertz CT molecular complexity index is 213. The normalized spacial score (nSPS) is 10.4. The van der Waals surface area contributed by atoms with Crippen LogP contribution in [0.5, 0.6) is 0 Å². The second-order valence-corrected chi connectivity index (χ2v) is 2.53. The molecule has 0 atom stereocenters. The third kappa shape index (κ3) is 2.46. The number of nitrogens with zero attached hydrogens (tertiary/aromatic N) is 3. The van der Waals surface area contributed by atoms with Crippen molar-refractivity contribution in [3.05, 3.63) is 11.6 Å². The minimum Gasteiger partial charge on any atom is -0.304 e. The maximum atomic E-state index is 11.6. The lowest BCUT2D eigenvalue weighted by Gasteiger charge is -1.98. The van der Waals surface area contributed by atoms with Crippen molar-refractivity contribution in [3.63, 3.8) is 0 Å². The summed E-state index contributed by atoms with van der Waals surface area (Å²) >= 11 is 5.61. The fourth-order valence-electron chi connectivity index (χ4n) is 0.768. The van der Waals surface area contributed by atoms with E-state index in [1.54, 1.807) is 10.9 Å². The van der Waals surface area contributed by atoms with Crippen LogP contribution in [0.2, 0.25) is 5.28 Å². The van der Waals surface area contributed by atoms with Crippen molar-refractivity contribution in [2.24, 2.45) is 0 Å². The van der Waals surface area contributed by atoms with Crippen LogP contribution >= 0.6 is 11.6 Å².